The highest BCUT2D eigenvalue weighted by Crippen LogP contribution is 2.30. The fourth-order valence-corrected chi connectivity index (χ4v) is 3.82. The van der Waals surface area contributed by atoms with Gasteiger partial charge in [0.1, 0.15) is 0 Å². The molecule has 0 amide bonds. The first kappa shape index (κ1) is 20.2. The third-order valence-corrected chi connectivity index (χ3v) is 5.24. The smallest absolute Gasteiger partial charge is 0.374 e. The maximum atomic E-state index is 12.7. The molecule has 1 saturated heterocycles. The Labute approximate surface area is 146 Å². The number of benzene rings is 1. The van der Waals surface area contributed by atoms with Gasteiger partial charge >= 0.3 is 6.18 Å². The van der Waals surface area contributed by atoms with Crippen LogP contribution in [0, 0.1) is 5.92 Å². The molecule has 0 aliphatic carbocycles. The molecule has 0 saturated carbocycles. The van der Waals surface area contributed by atoms with Gasteiger partial charge in [-0.25, -0.2) is 13.1 Å². The zero-order valence-electron chi connectivity index (χ0n) is 14.2. The zero-order chi connectivity index (χ0) is 18.7. The van der Waals surface area contributed by atoms with Gasteiger partial charge < -0.3 is 4.74 Å². The van der Waals surface area contributed by atoms with Crippen LogP contribution in [0.2, 0.25) is 0 Å². The lowest BCUT2D eigenvalue weighted by Crippen LogP contribution is -2.48. The van der Waals surface area contributed by atoms with Crippen molar-refractivity contribution < 1.29 is 26.3 Å². The van der Waals surface area contributed by atoms with Crippen LogP contribution in [0.3, 0.4) is 0 Å². The second kappa shape index (κ2) is 8.03. The highest BCUT2D eigenvalue weighted by atomic mass is 32.2. The van der Waals surface area contributed by atoms with Gasteiger partial charge in [-0.1, -0.05) is 19.9 Å². The Morgan fingerprint density at radius 2 is 2.08 bits per heavy atom. The molecule has 1 N–H and O–H groups in total. The molecule has 2 rings (SSSR count). The molecule has 0 spiro atoms. The number of sulfonamides is 1. The summed E-state index contributed by atoms with van der Waals surface area (Å²) in [7, 11) is -4.03. The average Bonchev–Trinajstić information content (AvgIpc) is 2.52. The van der Waals surface area contributed by atoms with Gasteiger partial charge in [0.05, 0.1) is 23.2 Å². The monoisotopic (exact) mass is 380 g/mol. The first-order valence-electron chi connectivity index (χ1n) is 8.09. The van der Waals surface area contributed by atoms with E-state index < -0.39 is 26.7 Å². The molecule has 1 heterocycles. The van der Waals surface area contributed by atoms with Crippen molar-refractivity contribution in [1.29, 1.82) is 0 Å². The Balaban J connectivity index is 2.00. The summed E-state index contributed by atoms with van der Waals surface area (Å²) in [6.07, 6.45) is -4.91. The summed E-state index contributed by atoms with van der Waals surface area (Å²) < 4.78 is 70.6. The quantitative estimate of drug-likeness (QED) is 0.823. The Morgan fingerprint density at radius 1 is 1.36 bits per heavy atom. The van der Waals surface area contributed by atoms with Crippen LogP contribution in [0.4, 0.5) is 13.2 Å². The minimum atomic E-state index is -4.59. The van der Waals surface area contributed by atoms with Crippen molar-refractivity contribution in [2.24, 2.45) is 5.92 Å². The van der Waals surface area contributed by atoms with E-state index in [1.54, 1.807) is 0 Å². The van der Waals surface area contributed by atoms with E-state index in [4.69, 9.17) is 4.74 Å². The number of hydrogen-bond acceptors (Lipinski definition) is 4. The molecule has 1 aromatic rings. The molecule has 1 unspecified atom stereocenters. The third-order valence-electron chi connectivity index (χ3n) is 3.82. The molecule has 1 fully saturated rings. The van der Waals surface area contributed by atoms with E-state index in [9.17, 15) is 21.6 Å². The molecule has 0 bridgehead atoms. The van der Waals surface area contributed by atoms with Crippen LogP contribution < -0.4 is 4.72 Å². The standard InChI is InChI=1S/C16H23F3N2O3S/c1-12(2)10-21-6-7-24-14(11-21)9-20-25(22,23)15-5-3-4-13(8-15)16(17,18)19/h3-5,8,12,14,20H,6-7,9-11H2,1-2H3. The first-order valence-corrected chi connectivity index (χ1v) is 9.57. The first-order chi connectivity index (χ1) is 11.6. The number of rotatable bonds is 6. The summed E-state index contributed by atoms with van der Waals surface area (Å²) in [5, 5.41) is 0. The molecule has 25 heavy (non-hydrogen) atoms. The zero-order valence-corrected chi connectivity index (χ0v) is 15.0. The molecule has 0 aromatic heterocycles. The van der Waals surface area contributed by atoms with Gasteiger partial charge in [-0.3, -0.25) is 4.90 Å². The molecule has 1 aliphatic heterocycles. The molecule has 0 radical (unpaired) electrons. The summed E-state index contributed by atoms with van der Waals surface area (Å²) in [6, 6.07) is 3.70. The minimum Gasteiger partial charge on any atom is -0.374 e. The van der Waals surface area contributed by atoms with E-state index in [0.29, 0.717) is 25.1 Å². The fourth-order valence-electron chi connectivity index (χ4n) is 2.71. The maximum absolute atomic E-state index is 12.7. The summed E-state index contributed by atoms with van der Waals surface area (Å²) in [5.41, 5.74) is -0.993. The van der Waals surface area contributed by atoms with Crippen molar-refractivity contribution >= 4 is 10.0 Å². The van der Waals surface area contributed by atoms with E-state index >= 15 is 0 Å². The molecular formula is C16H23F3N2O3S. The number of nitrogens with zero attached hydrogens (tertiary/aromatic N) is 1. The second-order valence-electron chi connectivity index (χ2n) is 6.52. The molecule has 1 aromatic carbocycles. The van der Waals surface area contributed by atoms with Gasteiger partial charge in [0.15, 0.2) is 0 Å². The van der Waals surface area contributed by atoms with E-state index in [0.717, 1.165) is 31.3 Å². The Kier molecular flexibility index (Phi) is 6.47. The Bertz CT molecular complexity index is 677. The van der Waals surface area contributed by atoms with Crippen LogP contribution in [0.5, 0.6) is 0 Å². The van der Waals surface area contributed by atoms with Gasteiger partial charge in [0.25, 0.3) is 0 Å². The largest absolute Gasteiger partial charge is 0.416 e. The molecular weight excluding hydrogens is 357 g/mol. The van der Waals surface area contributed by atoms with Crippen molar-refractivity contribution in [2.75, 3.05) is 32.8 Å². The van der Waals surface area contributed by atoms with Crippen LogP contribution in [-0.2, 0) is 20.9 Å². The number of nitrogens with one attached hydrogen (secondary N) is 1. The third kappa shape index (κ3) is 5.95. The fraction of sp³-hybridized carbons (Fsp3) is 0.625. The number of alkyl halides is 3. The summed E-state index contributed by atoms with van der Waals surface area (Å²) in [6.45, 7) is 6.98. The van der Waals surface area contributed by atoms with Gasteiger partial charge in [0, 0.05) is 26.2 Å². The highest BCUT2D eigenvalue weighted by Gasteiger charge is 2.32. The van der Waals surface area contributed by atoms with Crippen molar-refractivity contribution in [3.8, 4) is 0 Å². The van der Waals surface area contributed by atoms with E-state index in [1.165, 1.54) is 0 Å². The van der Waals surface area contributed by atoms with Crippen molar-refractivity contribution in [1.82, 2.24) is 9.62 Å². The van der Waals surface area contributed by atoms with Crippen LogP contribution in [0.15, 0.2) is 29.2 Å². The Morgan fingerprint density at radius 3 is 2.72 bits per heavy atom. The lowest BCUT2D eigenvalue weighted by molar-refractivity contribution is -0.137. The van der Waals surface area contributed by atoms with Gasteiger partial charge in [-0.15, -0.1) is 0 Å². The van der Waals surface area contributed by atoms with Crippen LogP contribution >= 0.6 is 0 Å². The van der Waals surface area contributed by atoms with Crippen LogP contribution in [-0.4, -0.2) is 52.2 Å². The number of ether oxygens (including phenoxy) is 1. The lowest BCUT2D eigenvalue weighted by atomic mass is 10.2. The molecule has 5 nitrogen and oxygen atoms in total. The van der Waals surface area contributed by atoms with Crippen LogP contribution in [0.25, 0.3) is 0 Å². The Hall–Kier alpha value is -1.16. The summed E-state index contributed by atoms with van der Waals surface area (Å²) >= 11 is 0. The molecule has 1 aliphatic rings. The lowest BCUT2D eigenvalue weighted by Gasteiger charge is -2.33. The molecule has 142 valence electrons. The molecule has 9 heteroatoms. The van der Waals surface area contributed by atoms with Crippen LogP contribution in [0.1, 0.15) is 19.4 Å². The molecule has 1 atom stereocenters. The summed E-state index contributed by atoms with van der Waals surface area (Å²) in [4.78, 5) is 1.79. The second-order valence-corrected chi connectivity index (χ2v) is 8.29. The number of morpholine rings is 1. The number of hydrogen-bond donors (Lipinski definition) is 1. The predicted octanol–water partition coefficient (Wildman–Crippen LogP) is 2.34. The van der Waals surface area contributed by atoms with Gasteiger partial charge in [0.2, 0.25) is 10.0 Å². The van der Waals surface area contributed by atoms with Crippen molar-refractivity contribution in [3.05, 3.63) is 29.8 Å². The van der Waals surface area contributed by atoms with Crippen molar-refractivity contribution in [2.45, 2.75) is 31.0 Å². The minimum absolute atomic E-state index is 0.0210. The highest BCUT2D eigenvalue weighted by molar-refractivity contribution is 7.89. The average molecular weight is 380 g/mol. The van der Waals surface area contributed by atoms with E-state index in [2.05, 4.69) is 23.5 Å². The summed E-state index contributed by atoms with van der Waals surface area (Å²) in [5.74, 6) is 0.487. The SMILES string of the molecule is CC(C)CN1CCOC(CNS(=O)(=O)c2cccc(C(F)(F)F)c2)C1. The van der Waals surface area contributed by atoms with Gasteiger partial charge in [-0.05, 0) is 24.1 Å². The number of halogens is 3. The normalized spacial score (nSPS) is 20.2. The topological polar surface area (TPSA) is 58.6 Å². The van der Waals surface area contributed by atoms with E-state index in [1.807, 2.05) is 0 Å². The van der Waals surface area contributed by atoms with Gasteiger partial charge in [-0.2, -0.15) is 13.2 Å². The van der Waals surface area contributed by atoms with E-state index in [-0.39, 0.29) is 12.6 Å². The van der Waals surface area contributed by atoms with Crippen molar-refractivity contribution in [3.63, 3.8) is 0 Å². The predicted molar refractivity (Wildman–Crippen MR) is 87.7 cm³/mol. The maximum Gasteiger partial charge on any atom is 0.416 e.